The first kappa shape index (κ1) is 33.9. The lowest BCUT2D eigenvalue weighted by atomic mass is 10.1. The number of hydrogen-bond acceptors (Lipinski definition) is 6. The number of benzene rings is 1. The van der Waals surface area contributed by atoms with Crippen LogP contribution in [0, 0.1) is 5.82 Å². The number of halogens is 1. The van der Waals surface area contributed by atoms with Gasteiger partial charge < -0.3 is 30.7 Å². The number of hydrogen-bond donors (Lipinski definition) is 3. The van der Waals surface area contributed by atoms with Crippen molar-refractivity contribution in [1.82, 2.24) is 20.0 Å². The molecule has 1 aromatic carbocycles. The van der Waals surface area contributed by atoms with Crippen molar-refractivity contribution in [2.75, 3.05) is 26.7 Å². The number of fused-ring (bicyclic) bond motifs is 1. The molecule has 1 unspecified atom stereocenters. The predicted octanol–water partition coefficient (Wildman–Crippen LogP) is 2.95. The van der Waals surface area contributed by atoms with Gasteiger partial charge in [0, 0.05) is 35.1 Å². The van der Waals surface area contributed by atoms with E-state index >= 15 is 0 Å². The molecular formula is C27H44FN5O7. The van der Waals surface area contributed by atoms with Crippen LogP contribution in [-0.4, -0.2) is 88.0 Å². The lowest BCUT2D eigenvalue weighted by Crippen LogP contribution is -2.48. The van der Waals surface area contributed by atoms with Crippen LogP contribution in [0.1, 0.15) is 54.5 Å². The highest BCUT2D eigenvalue weighted by atomic mass is 19.1. The molecule has 0 radical (unpaired) electrons. The molecule has 0 aliphatic carbocycles. The minimum Gasteiger partial charge on any atom is -0.465 e. The highest BCUT2D eigenvalue weighted by Crippen LogP contribution is 2.24. The first-order valence-electron chi connectivity index (χ1n) is 12.8. The van der Waals surface area contributed by atoms with Crippen LogP contribution in [0.5, 0.6) is 0 Å². The normalized spacial score (nSPS) is 15.4. The summed E-state index contributed by atoms with van der Waals surface area (Å²) in [7, 11) is 1.74. The smallest absolute Gasteiger partial charge is 0.408 e. The number of nitrogens with zero attached hydrogens (tertiary/aromatic N) is 3. The number of nitrogens with two attached hydrogens (primary N) is 1. The van der Waals surface area contributed by atoms with E-state index in [9.17, 15) is 28.4 Å². The van der Waals surface area contributed by atoms with Crippen molar-refractivity contribution in [2.45, 2.75) is 65.3 Å². The van der Waals surface area contributed by atoms with Crippen molar-refractivity contribution in [3.8, 4) is 0 Å². The lowest BCUT2D eigenvalue weighted by molar-refractivity contribution is -0.136. The molecule has 5 amide bonds. The Morgan fingerprint density at radius 3 is 2.40 bits per heavy atom. The molecule has 3 rings (SSSR count). The average molecular weight is 570 g/mol. The summed E-state index contributed by atoms with van der Waals surface area (Å²) in [6, 6.07) is 4.14. The number of likely N-dealkylation sites (tertiary alicyclic amines) is 1. The van der Waals surface area contributed by atoms with E-state index in [1.165, 1.54) is 21.9 Å². The zero-order valence-corrected chi connectivity index (χ0v) is 23.7. The number of primary amides is 1. The highest BCUT2D eigenvalue weighted by molar-refractivity contribution is 5.89. The molecule has 0 aromatic heterocycles. The quantitative estimate of drug-likeness (QED) is 0.459. The minimum atomic E-state index is -1.00. The first-order valence-corrected chi connectivity index (χ1v) is 12.8. The monoisotopic (exact) mass is 569 g/mol. The van der Waals surface area contributed by atoms with E-state index in [2.05, 4.69) is 11.9 Å². The van der Waals surface area contributed by atoms with Gasteiger partial charge in [0.2, 0.25) is 17.7 Å². The SMILES string of the molecule is C=CC(=O)N(C)CC.CC(C)(C)OC(=O)NCC(=O)N1CCCC1C(N)=O.O=C(O)N1Cc2cccc(F)c2C1.[HH].[HH]. The second kappa shape index (κ2) is 15.4. The molecule has 12 nitrogen and oxygen atoms in total. The number of rotatable bonds is 5. The lowest BCUT2D eigenvalue weighted by Gasteiger charge is -2.23. The Kier molecular flexibility index (Phi) is 13.1. The molecule has 1 atom stereocenters. The number of alkyl carbamates (subject to hydrolysis) is 1. The van der Waals surface area contributed by atoms with Crippen LogP contribution < -0.4 is 11.1 Å². The predicted molar refractivity (Wildman–Crippen MR) is 150 cm³/mol. The van der Waals surface area contributed by atoms with E-state index in [-0.39, 0.29) is 33.6 Å². The summed E-state index contributed by atoms with van der Waals surface area (Å²) in [5.74, 6) is -1.18. The van der Waals surface area contributed by atoms with Crippen molar-refractivity contribution < 1.29 is 41.1 Å². The Labute approximate surface area is 236 Å². The molecule has 0 bridgehead atoms. The average Bonchev–Trinajstić information content (AvgIpc) is 3.55. The van der Waals surface area contributed by atoms with Gasteiger partial charge in [0.25, 0.3) is 0 Å². The first-order chi connectivity index (χ1) is 18.6. The molecule has 4 N–H and O–H groups in total. The van der Waals surface area contributed by atoms with Gasteiger partial charge in [-0.3, -0.25) is 19.3 Å². The van der Waals surface area contributed by atoms with Crippen LogP contribution in [-0.2, 0) is 32.2 Å². The fourth-order valence-corrected chi connectivity index (χ4v) is 3.75. The van der Waals surface area contributed by atoms with Gasteiger partial charge in [0.05, 0.1) is 6.54 Å². The third-order valence-corrected chi connectivity index (χ3v) is 5.91. The molecule has 2 aliphatic rings. The Morgan fingerprint density at radius 2 is 1.93 bits per heavy atom. The standard InChI is InChI=1S/C12H21N3O4.C9H8FNO2.C6H11NO.2H2/c1-12(2,3)19-11(18)14-7-9(16)15-6-4-5-8(15)10(13)17;10-8-3-1-2-6-4-11(9(12)13)5-7(6)8;1-4-6(8)7(3)5-2;;/h8H,4-7H2,1-3H3,(H2,13,17)(H,14,18);1-3H,4-5H2,(H,12,13);4H,1,5H2,2-3H3;2*1H. The number of amides is 5. The van der Waals surface area contributed by atoms with E-state index in [1.807, 2.05) is 6.92 Å². The van der Waals surface area contributed by atoms with Gasteiger partial charge in [-0.15, -0.1) is 0 Å². The van der Waals surface area contributed by atoms with Gasteiger partial charge in [0.15, 0.2) is 0 Å². The third kappa shape index (κ3) is 10.9. The number of carboxylic acid groups (broad SMARTS) is 1. The van der Waals surface area contributed by atoms with E-state index in [0.29, 0.717) is 25.1 Å². The second-order valence-electron chi connectivity index (χ2n) is 10.1. The van der Waals surface area contributed by atoms with E-state index in [1.54, 1.807) is 44.9 Å². The van der Waals surface area contributed by atoms with Gasteiger partial charge >= 0.3 is 12.2 Å². The maximum atomic E-state index is 13.1. The minimum absolute atomic E-state index is 0. The van der Waals surface area contributed by atoms with Crippen molar-refractivity contribution in [2.24, 2.45) is 5.73 Å². The molecule has 13 heteroatoms. The largest absolute Gasteiger partial charge is 0.465 e. The maximum Gasteiger partial charge on any atom is 0.408 e. The summed E-state index contributed by atoms with van der Waals surface area (Å²) >= 11 is 0. The van der Waals surface area contributed by atoms with E-state index < -0.39 is 29.7 Å². The Hall–Kier alpha value is -4.16. The number of carbonyl (C=O) groups is 5. The van der Waals surface area contributed by atoms with Crippen LogP contribution in [0.4, 0.5) is 14.0 Å². The molecule has 2 aliphatic heterocycles. The number of likely N-dealkylation sites (N-methyl/N-ethyl adjacent to an activating group) is 1. The van der Waals surface area contributed by atoms with Crippen molar-refractivity contribution in [3.63, 3.8) is 0 Å². The molecule has 2 heterocycles. The zero-order valence-electron chi connectivity index (χ0n) is 23.7. The van der Waals surface area contributed by atoms with E-state index in [0.717, 1.165) is 18.5 Å². The molecular weight excluding hydrogens is 525 g/mol. The van der Waals surface area contributed by atoms with Crippen LogP contribution in [0.15, 0.2) is 30.9 Å². The topological polar surface area (TPSA) is 163 Å². The van der Waals surface area contributed by atoms with E-state index in [4.69, 9.17) is 15.6 Å². The number of nitrogens with one attached hydrogen (secondary N) is 1. The Bertz CT molecular complexity index is 1100. The fraction of sp³-hybridized carbons (Fsp3) is 0.519. The van der Waals surface area contributed by atoms with Crippen LogP contribution in [0.3, 0.4) is 0 Å². The second-order valence-corrected chi connectivity index (χ2v) is 10.1. The molecule has 1 fully saturated rings. The number of carbonyl (C=O) groups excluding carboxylic acids is 4. The Balaban J connectivity index is 0. The molecule has 1 saturated heterocycles. The van der Waals surface area contributed by atoms with Crippen LogP contribution >= 0.6 is 0 Å². The summed E-state index contributed by atoms with van der Waals surface area (Å²) in [6.07, 6.45) is 0.967. The zero-order chi connectivity index (χ0) is 30.6. The summed E-state index contributed by atoms with van der Waals surface area (Å²) in [5.41, 5.74) is 5.88. The van der Waals surface area contributed by atoms with Crippen molar-refractivity contribution in [3.05, 3.63) is 47.8 Å². The van der Waals surface area contributed by atoms with Crippen LogP contribution in [0.2, 0.25) is 0 Å². The van der Waals surface area contributed by atoms with Crippen molar-refractivity contribution >= 4 is 29.9 Å². The van der Waals surface area contributed by atoms with Gasteiger partial charge in [-0.25, -0.2) is 14.0 Å². The summed E-state index contributed by atoms with van der Waals surface area (Å²) in [4.78, 5) is 59.8. The summed E-state index contributed by atoms with van der Waals surface area (Å²) in [5, 5.41) is 11.1. The molecule has 1 aromatic rings. The van der Waals surface area contributed by atoms with Gasteiger partial charge in [0.1, 0.15) is 24.0 Å². The van der Waals surface area contributed by atoms with Gasteiger partial charge in [-0.1, -0.05) is 18.7 Å². The Morgan fingerprint density at radius 1 is 1.27 bits per heavy atom. The van der Waals surface area contributed by atoms with Gasteiger partial charge in [-0.2, -0.15) is 0 Å². The summed E-state index contributed by atoms with van der Waals surface area (Å²) < 4.78 is 18.1. The fourth-order valence-electron chi connectivity index (χ4n) is 3.75. The number of ether oxygens (including phenoxy) is 1. The highest BCUT2D eigenvalue weighted by Gasteiger charge is 2.32. The third-order valence-electron chi connectivity index (χ3n) is 5.91. The molecule has 226 valence electrons. The maximum absolute atomic E-state index is 13.1. The van der Waals surface area contributed by atoms with Gasteiger partial charge in [-0.05, 0) is 58.2 Å². The summed E-state index contributed by atoms with van der Waals surface area (Å²) in [6.45, 7) is 12.0. The van der Waals surface area contributed by atoms with Crippen molar-refractivity contribution in [1.29, 1.82) is 0 Å². The molecule has 0 saturated carbocycles. The molecule has 0 spiro atoms. The molecule has 40 heavy (non-hydrogen) atoms. The van der Waals surface area contributed by atoms with Crippen LogP contribution in [0.25, 0.3) is 0 Å².